The van der Waals surface area contributed by atoms with Crippen LogP contribution in [0.5, 0.6) is 28.7 Å². The molecule has 1 N–H and O–H groups in total. The Balaban J connectivity index is 1.33. The number of fused-ring (bicyclic) bond motifs is 1. The van der Waals surface area contributed by atoms with E-state index >= 15 is 0 Å². The zero-order valence-electron chi connectivity index (χ0n) is 21.9. The number of piperazine rings is 1. The van der Waals surface area contributed by atoms with Gasteiger partial charge in [0.2, 0.25) is 11.5 Å². The summed E-state index contributed by atoms with van der Waals surface area (Å²) in [6.07, 6.45) is 1.65. The van der Waals surface area contributed by atoms with Gasteiger partial charge >= 0.3 is 0 Å². The van der Waals surface area contributed by atoms with Gasteiger partial charge in [-0.15, -0.1) is 0 Å². The van der Waals surface area contributed by atoms with E-state index in [1.807, 2.05) is 6.07 Å². The van der Waals surface area contributed by atoms with Crippen LogP contribution in [-0.4, -0.2) is 68.2 Å². The number of Topliss-reactive ketones (excluding diaryl/α,β-unsaturated/α-hetero) is 1. The Kier molecular flexibility index (Phi) is 7.53. The number of allylic oxidation sites excluding steroid dienone is 1. The van der Waals surface area contributed by atoms with Gasteiger partial charge in [-0.3, -0.25) is 14.6 Å². The van der Waals surface area contributed by atoms with E-state index in [2.05, 4.69) is 34.1 Å². The van der Waals surface area contributed by atoms with Crippen LogP contribution in [0.25, 0.3) is 6.08 Å². The minimum absolute atomic E-state index is 0.123. The first-order valence-corrected chi connectivity index (χ1v) is 12.6. The summed E-state index contributed by atoms with van der Waals surface area (Å²) < 4.78 is 22.3. The van der Waals surface area contributed by atoms with E-state index < -0.39 is 0 Å². The zero-order chi connectivity index (χ0) is 26.6. The van der Waals surface area contributed by atoms with Crippen LogP contribution >= 0.6 is 0 Å². The number of phenols is 1. The molecule has 38 heavy (non-hydrogen) atoms. The Morgan fingerprint density at radius 3 is 2.11 bits per heavy atom. The number of methoxy groups -OCH3 is 3. The van der Waals surface area contributed by atoms with Gasteiger partial charge in [0.05, 0.1) is 32.5 Å². The molecule has 0 aliphatic carbocycles. The first kappa shape index (κ1) is 25.6. The van der Waals surface area contributed by atoms with Crippen molar-refractivity contribution in [2.24, 2.45) is 0 Å². The molecule has 3 aromatic carbocycles. The van der Waals surface area contributed by atoms with Crippen molar-refractivity contribution >= 4 is 11.9 Å². The van der Waals surface area contributed by atoms with E-state index in [1.54, 1.807) is 30.3 Å². The number of ketones is 1. The lowest BCUT2D eigenvalue weighted by Gasteiger charge is -2.35. The molecule has 2 heterocycles. The first-order valence-electron chi connectivity index (χ1n) is 12.6. The normalized spacial score (nSPS) is 16.8. The van der Waals surface area contributed by atoms with E-state index in [9.17, 15) is 9.90 Å². The minimum Gasteiger partial charge on any atom is -0.507 e. The van der Waals surface area contributed by atoms with Gasteiger partial charge in [-0.2, -0.15) is 0 Å². The van der Waals surface area contributed by atoms with Crippen molar-refractivity contribution in [3.8, 4) is 28.7 Å². The van der Waals surface area contributed by atoms with Gasteiger partial charge in [-0.25, -0.2) is 0 Å². The second kappa shape index (κ2) is 11.2. The molecule has 3 aromatic rings. The SMILES string of the molecule is COc1cc(/C=C2\Oc3c(ccc(O)c3CN3CCN(Cc4ccccc4)CC3)C2=O)cc(OC)c1OC. The van der Waals surface area contributed by atoms with Crippen LogP contribution in [-0.2, 0) is 13.1 Å². The molecule has 1 fully saturated rings. The maximum atomic E-state index is 13.2. The highest BCUT2D eigenvalue weighted by atomic mass is 16.5. The lowest BCUT2D eigenvalue weighted by molar-refractivity contribution is 0.101. The summed E-state index contributed by atoms with van der Waals surface area (Å²) >= 11 is 0. The Hall–Kier alpha value is -4.01. The van der Waals surface area contributed by atoms with Gasteiger partial charge in [0.25, 0.3) is 0 Å². The van der Waals surface area contributed by atoms with Crippen LogP contribution in [0.3, 0.4) is 0 Å². The second-order valence-corrected chi connectivity index (χ2v) is 9.38. The van der Waals surface area contributed by atoms with Crippen molar-refractivity contribution in [3.63, 3.8) is 0 Å². The zero-order valence-corrected chi connectivity index (χ0v) is 21.9. The largest absolute Gasteiger partial charge is 0.507 e. The molecule has 0 radical (unpaired) electrons. The Bertz CT molecular complexity index is 1320. The molecule has 2 aliphatic heterocycles. The second-order valence-electron chi connectivity index (χ2n) is 9.38. The molecule has 0 amide bonds. The number of nitrogens with zero attached hydrogens (tertiary/aromatic N) is 2. The molecule has 2 aliphatic rings. The summed E-state index contributed by atoms with van der Waals surface area (Å²) in [6, 6.07) is 17.1. The number of carbonyl (C=O) groups is 1. The maximum Gasteiger partial charge on any atom is 0.231 e. The van der Waals surface area contributed by atoms with Crippen molar-refractivity contribution in [1.29, 1.82) is 0 Å². The average molecular weight is 517 g/mol. The average Bonchev–Trinajstić information content (AvgIpc) is 3.26. The standard InChI is InChI=1S/C30H32N2O6/c1-35-26-16-21(17-27(36-2)30(26)37-3)15-25-28(34)22-9-10-24(33)23(29(22)38-25)19-32-13-11-31(12-14-32)18-20-7-5-4-6-8-20/h4-10,15-17,33H,11-14,18-19H2,1-3H3/b25-15-. The van der Waals surface area contributed by atoms with E-state index in [1.165, 1.54) is 26.9 Å². The summed E-state index contributed by atoms with van der Waals surface area (Å²) in [4.78, 5) is 17.9. The van der Waals surface area contributed by atoms with Crippen LogP contribution < -0.4 is 18.9 Å². The number of carbonyl (C=O) groups excluding carboxylic acids is 1. The predicted molar refractivity (Wildman–Crippen MR) is 144 cm³/mol. The van der Waals surface area contributed by atoms with Crippen molar-refractivity contribution in [2.45, 2.75) is 13.1 Å². The van der Waals surface area contributed by atoms with Gasteiger partial charge in [-0.1, -0.05) is 30.3 Å². The lowest BCUT2D eigenvalue weighted by atomic mass is 10.0. The third-order valence-electron chi connectivity index (χ3n) is 7.00. The molecule has 198 valence electrons. The van der Waals surface area contributed by atoms with E-state index in [4.69, 9.17) is 18.9 Å². The van der Waals surface area contributed by atoms with Gasteiger partial charge < -0.3 is 24.1 Å². The monoisotopic (exact) mass is 516 g/mol. The number of hydrogen-bond donors (Lipinski definition) is 1. The van der Waals surface area contributed by atoms with Crippen molar-refractivity contribution < 1.29 is 28.8 Å². The lowest BCUT2D eigenvalue weighted by Crippen LogP contribution is -2.45. The molecular weight excluding hydrogens is 484 g/mol. The highest BCUT2D eigenvalue weighted by Gasteiger charge is 2.32. The Labute approximate surface area is 222 Å². The summed E-state index contributed by atoms with van der Waals surface area (Å²) in [6.45, 7) is 5.00. The molecule has 8 nitrogen and oxygen atoms in total. The van der Waals surface area contributed by atoms with E-state index in [0.29, 0.717) is 46.2 Å². The van der Waals surface area contributed by atoms with Crippen molar-refractivity contribution in [2.75, 3.05) is 47.5 Å². The highest BCUT2D eigenvalue weighted by molar-refractivity contribution is 6.15. The van der Waals surface area contributed by atoms with Crippen LogP contribution in [0.4, 0.5) is 0 Å². The molecule has 0 aromatic heterocycles. The quantitative estimate of drug-likeness (QED) is 0.443. The fraction of sp³-hybridized carbons (Fsp3) is 0.300. The van der Waals surface area contributed by atoms with Crippen molar-refractivity contribution in [3.05, 3.63) is 82.6 Å². The van der Waals surface area contributed by atoms with Crippen LogP contribution in [0, 0.1) is 0 Å². The summed E-state index contributed by atoms with van der Waals surface area (Å²) in [7, 11) is 4.62. The van der Waals surface area contributed by atoms with Gasteiger partial charge in [0, 0.05) is 39.3 Å². The topological polar surface area (TPSA) is 80.7 Å². The molecule has 0 unspecified atom stereocenters. The van der Waals surface area contributed by atoms with Gasteiger partial charge in [0.1, 0.15) is 11.5 Å². The molecular formula is C30H32N2O6. The molecule has 0 saturated carbocycles. The summed E-state index contributed by atoms with van der Waals surface area (Å²) in [5, 5.41) is 10.7. The highest BCUT2D eigenvalue weighted by Crippen LogP contribution is 2.42. The number of benzene rings is 3. The fourth-order valence-corrected chi connectivity index (χ4v) is 4.96. The number of hydrogen-bond acceptors (Lipinski definition) is 8. The molecule has 0 atom stereocenters. The van der Waals surface area contributed by atoms with E-state index in [-0.39, 0.29) is 17.3 Å². The number of ether oxygens (including phenoxy) is 4. The molecule has 8 heteroatoms. The third-order valence-corrected chi connectivity index (χ3v) is 7.00. The third kappa shape index (κ3) is 5.18. The van der Waals surface area contributed by atoms with Crippen LogP contribution in [0.15, 0.2) is 60.4 Å². The van der Waals surface area contributed by atoms with Gasteiger partial charge in [0.15, 0.2) is 17.3 Å². The predicted octanol–water partition coefficient (Wildman–Crippen LogP) is 4.35. The Morgan fingerprint density at radius 2 is 1.50 bits per heavy atom. The van der Waals surface area contributed by atoms with Gasteiger partial charge in [-0.05, 0) is 41.5 Å². The molecule has 0 bridgehead atoms. The molecule has 1 saturated heterocycles. The maximum absolute atomic E-state index is 13.2. The Morgan fingerprint density at radius 1 is 0.868 bits per heavy atom. The van der Waals surface area contributed by atoms with E-state index in [0.717, 1.165) is 32.7 Å². The number of aromatic hydroxyl groups is 1. The minimum atomic E-state index is -0.234. The van der Waals surface area contributed by atoms with Crippen LogP contribution in [0.2, 0.25) is 0 Å². The smallest absolute Gasteiger partial charge is 0.231 e. The van der Waals surface area contributed by atoms with Crippen molar-refractivity contribution in [1.82, 2.24) is 9.80 Å². The van der Waals surface area contributed by atoms with Crippen LogP contribution in [0.1, 0.15) is 27.0 Å². The fourth-order valence-electron chi connectivity index (χ4n) is 4.96. The molecule has 5 rings (SSSR count). The molecule has 0 spiro atoms. The summed E-state index contributed by atoms with van der Waals surface area (Å²) in [5.74, 6) is 1.90. The number of phenolic OH excluding ortho intramolecular Hbond substituents is 1. The number of rotatable bonds is 8. The first-order chi connectivity index (χ1) is 18.5. The summed E-state index contributed by atoms with van der Waals surface area (Å²) in [5.41, 5.74) is 3.04.